The van der Waals surface area contributed by atoms with E-state index in [1.807, 2.05) is 42.5 Å². The van der Waals surface area contributed by atoms with Crippen LogP contribution in [-0.2, 0) is 20.7 Å². The van der Waals surface area contributed by atoms with E-state index in [9.17, 15) is 9.35 Å². The van der Waals surface area contributed by atoms with Crippen LogP contribution in [0, 0.1) is 17.7 Å². The molecule has 6 rings (SSSR count). The Balaban J connectivity index is 1.11. The molecule has 0 bridgehead atoms. The maximum atomic E-state index is 15.6. The Labute approximate surface area is 268 Å². The number of rotatable bonds is 9. The first-order chi connectivity index (χ1) is 21.8. The van der Waals surface area contributed by atoms with Crippen molar-refractivity contribution in [3.63, 3.8) is 0 Å². The van der Waals surface area contributed by atoms with E-state index in [2.05, 4.69) is 24.3 Å². The van der Waals surface area contributed by atoms with Gasteiger partial charge in [0.2, 0.25) is 0 Å². The van der Waals surface area contributed by atoms with Gasteiger partial charge >= 0.3 is 0 Å². The molecule has 45 heavy (non-hydrogen) atoms. The van der Waals surface area contributed by atoms with E-state index in [-0.39, 0.29) is 17.7 Å². The number of fused-ring (bicyclic) bond motifs is 1. The Morgan fingerprint density at radius 1 is 0.978 bits per heavy atom. The molecule has 7 heteroatoms. The fraction of sp³-hybridized carbons (Fsp3) is 0.421. The molecule has 3 aromatic rings. The summed E-state index contributed by atoms with van der Waals surface area (Å²) in [5.41, 5.74) is 5.94. The van der Waals surface area contributed by atoms with Gasteiger partial charge in [-0.1, -0.05) is 52.8 Å². The van der Waals surface area contributed by atoms with E-state index < -0.39 is 10.3 Å². The van der Waals surface area contributed by atoms with Crippen LogP contribution in [0.2, 0.25) is 0 Å². The fourth-order valence-electron chi connectivity index (χ4n) is 7.03. The molecule has 3 aliphatic rings. The Morgan fingerprint density at radius 2 is 1.71 bits per heavy atom. The zero-order valence-corrected chi connectivity index (χ0v) is 27.2. The third-order valence-corrected chi connectivity index (χ3v) is 11.7. The highest BCUT2D eigenvalue weighted by Gasteiger charge is 2.28. The number of benzene rings is 3. The van der Waals surface area contributed by atoms with Crippen molar-refractivity contribution in [1.29, 1.82) is 0 Å². The summed E-state index contributed by atoms with van der Waals surface area (Å²) in [6, 6.07) is 19.8. The Morgan fingerprint density at radius 3 is 2.42 bits per heavy atom. The molecule has 2 heterocycles. The highest BCUT2D eigenvalue weighted by atomic mass is 32.3. The van der Waals surface area contributed by atoms with Gasteiger partial charge in [0.1, 0.15) is 17.5 Å². The number of carbonyl (C=O) groups excluding carboxylic acids is 1. The lowest BCUT2D eigenvalue weighted by atomic mass is 9.75. The average molecular weight is 630 g/mol. The number of carbonyl (C=O) groups is 1. The van der Waals surface area contributed by atoms with Crippen molar-refractivity contribution in [1.82, 2.24) is 0 Å². The van der Waals surface area contributed by atoms with Crippen LogP contribution in [0.25, 0.3) is 11.1 Å². The minimum absolute atomic E-state index is 0.204. The van der Waals surface area contributed by atoms with Gasteiger partial charge in [-0.25, -0.2) is 9.38 Å². The maximum absolute atomic E-state index is 15.6. The predicted molar refractivity (Wildman–Crippen MR) is 181 cm³/mol. The van der Waals surface area contributed by atoms with Crippen molar-refractivity contribution in [3.8, 4) is 11.1 Å². The van der Waals surface area contributed by atoms with Crippen LogP contribution in [0.1, 0.15) is 67.6 Å². The summed E-state index contributed by atoms with van der Waals surface area (Å²) in [6.07, 6.45) is 13.3. The van der Waals surface area contributed by atoms with Crippen molar-refractivity contribution in [2.75, 3.05) is 32.5 Å². The molecule has 3 aromatic carbocycles. The van der Waals surface area contributed by atoms with E-state index in [4.69, 9.17) is 14.5 Å². The van der Waals surface area contributed by atoms with Crippen LogP contribution in [0.5, 0.6) is 0 Å². The second-order valence-corrected chi connectivity index (χ2v) is 15.7. The first-order valence-corrected chi connectivity index (χ1v) is 18.3. The van der Waals surface area contributed by atoms with Crippen molar-refractivity contribution in [3.05, 3.63) is 95.3 Å². The summed E-state index contributed by atoms with van der Waals surface area (Å²) in [5, 5.41) is 0. The number of halogens is 1. The molecular weight excluding hydrogens is 585 g/mol. The van der Waals surface area contributed by atoms with Crippen molar-refractivity contribution >= 4 is 27.5 Å². The van der Waals surface area contributed by atoms with Gasteiger partial charge in [-0.05, 0) is 116 Å². The maximum Gasteiger partial charge on any atom is 0.136 e. The summed E-state index contributed by atoms with van der Waals surface area (Å²) in [4.78, 5) is 18.4. The summed E-state index contributed by atoms with van der Waals surface area (Å²) in [5.74, 6) is 1.60. The first kappa shape index (κ1) is 31.9. The molecule has 1 aliphatic carbocycles. The van der Waals surface area contributed by atoms with Crippen molar-refractivity contribution < 1.29 is 23.2 Å². The number of aliphatic imine (C=N–C) groups is 1. The second-order valence-electron chi connectivity index (χ2n) is 12.9. The molecule has 1 saturated heterocycles. The quantitative estimate of drug-likeness (QED) is 0.256. The van der Waals surface area contributed by atoms with Gasteiger partial charge in [-0.15, -0.1) is 0 Å². The monoisotopic (exact) mass is 629 g/mol. The molecule has 1 saturated carbocycles. The molecular formula is C38H44FNO4S. The van der Waals surface area contributed by atoms with Crippen LogP contribution in [-0.4, -0.2) is 48.6 Å². The van der Waals surface area contributed by atoms with E-state index >= 15 is 4.39 Å². The number of hydrogen-bond donors (Lipinski definition) is 1. The van der Waals surface area contributed by atoms with E-state index in [1.165, 1.54) is 5.56 Å². The molecule has 238 valence electrons. The van der Waals surface area contributed by atoms with E-state index in [1.54, 1.807) is 19.4 Å². The lowest BCUT2D eigenvalue weighted by Crippen LogP contribution is -2.26. The van der Waals surface area contributed by atoms with Gasteiger partial charge in [-0.3, -0.25) is 4.79 Å². The Hall–Kier alpha value is -3.10. The largest absolute Gasteiger partial charge is 0.381 e. The summed E-state index contributed by atoms with van der Waals surface area (Å²) >= 11 is 0. The van der Waals surface area contributed by atoms with Crippen LogP contribution in [0.15, 0.2) is 82.7 Å². The smallest absolute Gasteiger partial charge is 0.136 e. The van der Waals surface area contributed by atoms with Gasteiger partial charge in [0, 0.05) is 43.1 Å². The lowest BCUT2D eigenvalue weighted by Gasteiger charge is -2.30. The number of nitrogens with zero attached hydrogens (tertiary/aromatic N) is 1. The standard InChI is InChI=1S/C38H44FNO4S/c1-43-25-45(2,42)33-16-14-30-4-3-5-36(40-37(30)24-33)34-17-15-32(23-35(34)39)29-12-10-28(11-13-29)27-8-6-26(7-9-27)22-38(41)31-18-20-44-21-19-31/h3,5,10-17,23-24,26-27,31,42H,4,6-9,18-22,25H2,1-2H3. The minimum atomic E-state index is -2.11. The molecule has 0 aromatic heterocycles. The molecule has 1 unspecified atom stereocenters. The Kier molecular flexibility index (Phi) is 10.0. The molecule has 1 N–H and O–H groups in total. The third kappa shape index (κ3) is 7.49. The van der Waals surface area contributed by atoms with Crippen molar-refractivity contribution in [2.45, 2.75) is 62.2 Å². The topological polar surface area (TPSA) is 68.1 Å². The van der Waals surface area contributed by atoms with E-state index in [0.29, 0.717) is 35.3 Å². The zero-order chi connectivity index (χ0) is 31.4. The summed E-state index contributed by atoms with van der Waals surface area (Å²) < 4.78 is 37.2. The lowest BCUT2D eigenvalue weighted by molar-refractivity contribution is -0.126. The number of ketones is 1. The van der Waals surface area contributed by atoms with Gasteiger partial charge in [0.15, 0.2) is 0 Å². The summed E-state index contributed by atoms with van der Waals surface area (Å²) in [7, 11) is -0.524. The zero-order valence-electron chi connectivity index (χ0n) is 26.3. The molecule has 0 spiro atoms. The van der Waals surface area contributed by atoms with Crippen LogP contribution in [0.3, 0.4) is 0 Å². The SMILES string of the molecule is COCS(C)(O)c1ccc2c(c1)N=C(c1ccc(-c3ccc(C4CCC(CC(=O)C5CCOCC5)CC4)cc3)cc1F)C=CC2. The molecule has 5 nitrogen and oxygen atoms in total. The van der Waals surface area contributed by atoms with Crippen LogP contribution >= 0.6 is 10.3 Å². The van der Waals surface area contributed by atoms with Crippen LogP contribution in [0.4, 0.5) is 10.1 Å². The van der Waals surface area contributed by atoms with Gasteiger partial charge < -0.3 is 14.0 Å². The number of ether oxygens (including phenoxy) is 2. The van der Waals surface area contributed by atoms with Gasteiger partial charge in [0.05, 0.1) is 11.4 Å². The first-order valence-electron chi connectivity index (χ1n) is 16.2. The number of Topliss-reactive ketones (excluding diaryl/α,β-unsaturated/α-hetero) is 1. The number of hydrogen-bond acceptors (Lipinski definition) is 5. The highest BCUT2D eigenvalue weighted by Crippen LogP contribution is 2.50. The average Bonchev–Trinajstić information content (AvgIpc) is 3.27. The van der Waals surface area contributed by atoms with Crippen molar-refractivity contribution in [2.24, 2.45) is 16.8 Å². The second kappa shape index (κ2) is 14.1. The number of allylic oxidation sites excluding steroid dienone is 2. The number of methoxy groups -OCH3 is 1. The fourth-order valence-corrected chi connectivity index (χ4v) is 8.35. The normalized spacial score (nSPS) is 22.5. The molecule has 2 fully saturated rings. The van der Waals surface area contributed by atoms with Crippen LogP contribution < -0.4 is 0 Å². The van der Waals surface area contributed by atoms with E-state index in [0.717, 1.165) is 85.4 Å². The predicted octanol–water partition coefficient (Wildman–Crippen LogP) is 9.26. The third-order valence-electron chi connectivity index (χ3n) is 9.74. The molecule has 1 atom stereocenters. The van der Waals surface area contributed by atoms with Gasteiger partial charge in [-0.2, -0.15) is 0 Å². The van der Waals surface area contributed by atoms with Gasteiger partial charge in [0.25, 0.3) is 0 Å². The molecule has 0 radical (unpaired) electrons. The summed E-state index contributed by atoms with van der Waals surface area (Å²) in [6.45, 7) is 1.45. The Bertz CT molecular complexity index is 1570. The molecule has 0 amide bonds. The molecule has 2 aliphatic heterocycles. The minimum Gasteiger partial charge on any atom is -0.381 e. The highest BCUT2D eigenvalue weighted by molar-refractivity contribution is 8.28.